The number of nitrogens with zero attached hydrogens (tertiary/aromatic N) is 3. The molecule has 5 nitrogen and oxygen atoms in total. The molecule has 0 aliphatic rings. The standard InChI is InChI=1S/C11H11N3O2S/c1-14(6-8-2-5-17-7-8)10-9(11(15)16)12-3-4-13-10/h2-5,7H,6H2,1H3,(H,15,16). The molecule has 0 spiro atoms. The molecular weight excluding hydrogens is 238 g/mol. The van der Waals surface area contributed by atoms with E-state index < -0.39 is 5.97 Å². The Morgan fingerprint density at radius 1 is 1.47 bits per heavy atom. The average molecular weight is 249 g/mol. The second kappa shape index (κ2) is 4.92. The Morgan fingerprint density at radius 2 is 2.24 bits per heavy atom. The van der Waals surface area contributed by atoms with Crippen LogP contribution in [0.3, 0.4) is 0 Å². The van der Waals surface area contributed by atoms with Gasteiger partial charge < -0.3 is 10.0 Å². The van der Waals surface area contributed by atoms with Crippen molar-refractivity contribution in [3.63, 3.8) is 0 Å². The van der Waals surface area contributed by atoms with Gasteiger partial charge in [-0.3, -0.25) is 0 Å². The monoisotopic (exact) mass is 249 g/mol. The van der Waals surface area contributed by atoms with Gasteiger partial charge in [0.1, 0.15) is 0 Å². The van der Waals surface area contributed by atoms with Gasteiger partial charge >= 0.3 is 5.97 Å². The molecule has 0 bridgehead atoms. The van der Waals surface area contributed by atoms with Crippen LogP contribution in [0.25, 0.3) is 0 Å². The van der Waals surface area contributed by atoms with Crippen LogP contribution in [0.4, 0.5) is 5.82 Å². The minimum absolute atomic E-state index is 0.0229. The maximum absolute atomic E-state index is 11.0. The van der Waals surface area contributed by atoms with Gasteiger partial charge in [-0.2, -0.15) is 11.3 Å². The lowest BCUT2D eigenvalue weighted by Crippen LogP contribution is -2.21. The number of carboxylic acids is 1. The second-order valence-corrected chi connectivity index (χ2v) is 4.30. The van der Waals surface area contributed by atoms with E-state index in [1.54, 1.807) is 23.3 Å². The van der Waals surface area contributed by atoms with E-state index in [1.807, 2.05) is 16.8 Å². The van der Waals surface area contributed by atoms with Crippen LogP contribution >= 0.6 is 11.3 Å². The van der Waals surface area contributed by atoms with Crippen molar-refractivity contribution in [2.24, 2.45) is 0 Å². The van der Waals surface area contributed by atoms with Gasteiger partial charge in [-0.05, 0) is 22.4 Å². The Hall–Kier alpha value is -1.95. The molecule has 88 valence electrons. The molecule has 0 fully saturated rings. The highest BCUT2D eigenvalue weighted by molar-refractivity contribution is 7.07. The largest absolute Gasteiger partial charge is 0.476 e. The number of thiophene rings is 1. The van der Waals surface area contributed by atoms with Gasteiger partial charge in [-0.1, -0.05) is 0 Å². The third kappa shape index (κ3) is 2.59. The van der Waals surface area contributed by atoms with Crippen LogP contribution in [-0.4, -0.2) is 28.1 Å². The van der Waals surface area contributed by atoms with Crippen molar-refractivity contribution in [2.45, 2.75) is 6.54 Å². The number of carboxylic acid groups (broad SMARTS) is 1. The minimum Gasteiger partial charge on any atom is -0.476 e. The lowest BCUT2D eigenvalue weighted by Gasteiger charge is -2.18. The van der Waals surface area contributed by atoms with Crippen molar-refractivity contribution < 1.29 is 9.90 Å². The van der Waals surface area contributed by atoms with Crippen LogP contribution in [0.2, 0.25) is 0 Å². The smallest absolute Gasteiger partial charge is 0.358 e. The summed E-state index contributed by atoms with van der Waals surface area (Å²) in [4.78, 5) is 20.7. The maximum atomic E-state index is 11.0. The summed E-state index contributed by atoms with van der Waals surface area (Å²) in [5.41, 5.74) is 1.10. The number of hydrogen-bond donors (Lipinski definition) is 1. The van der Waals surface area contributed by atoms with Crippen molar-refractivity contribution in [3.05, 3.63) is 40.5 Å². The number of carbonyl (C=O) groups is 1. The zero-order chi connectivity index (χ0) is 12.3. The summed E-state index contributed by atoms with van der Waals surface area (Å²) in [6, 6.07) is 2.00. The zero-order valence-electron chi connectivity index (χ0n) is 9.20. The van der Waals surface area contributed by atoms with Gasteiger partial charge in [0.2, 0.25) is 0 Å². The molecule has 2 aromatic heterocycles. The summed E-state index contributed by atoms with van der Waals surface area (Å²) in [7, 11) is 1.80. The Balaban J connectivity index is 2.24. The van der Waals surface area contributed by atoms with Crippen LogP contribution < -0.4 is 4.90 Å². The molecule has 0 aliphatic carbocycles. The third-order valence-corrected chi connectivity index (χ3v) is 2.97. The first-order chi connectivity index (χ1) is 8.18. The fourth-order valence-corrected chi connectivity index (χ4v) is 2.15. The first-order valence-corrected chi connectivity index (χ1v) is 5.89. The van der Waals surface area contributed by atoms with Gasteiger partial charge in [0, 0.05) is 26.0 Å². The maximum Gasteiger partial charge on any atom is 0.358 e. The molecule has 17 heavy (non-hydrogen) atoms. The third-order valence-electron chi connectivity index (χ3n) is 2.24. The SMILES string of the molecule is CN(Cc1ccsc1)c1nccnc1C(=O)O. The predicted octanol–water partition coefficient (Wildman–Crippen LogP) is 1.87. The lowest BCUT2D eigenvalue weighted by molar-refractivity contribution is 0.0690. The molecule has 6 heteroatoms. The topological polar surface area (TPSA) is 66.3 Å². The Kier molecular flexibility index (Phi) is 3.34. The van der Waals surface area contributed by atoms with Crippen molar-refractivity contribution in [1.82, 2.24) is 9.97 Å². The summed E-state index contributed by atoms with van der Waals surface area (Å²) < 4.78 is 0. The van der Waals surface area contributed by atoms with Crippen LogP contribution in [0.1, 0.15) is 16.1 Å². The van der Waals surface area contributed by atoms with Crippen molar-refractivity contribution in [2.75, 3.05) is 11.9 Å². The molecular formula is C11H11N3O2S. The zero-order valence-corrected chi connectivity index (χ0v) is 10.0. The Morgan fingerprint density at radius 3 is 2.88 bits per heavy atom. The van der Waals surface area contributed by atoms with E-state index in [4.69, 9.17) is 5.11 Å². The van der Waals surface area contributed by atoms with Gasteiger partial charge in [-0.15, -0.1) is 0 Å². The second-order valence-electron chi connectivity index (χ2n) is 3.52. The van der Waals surface area contributed by atoms with E-state index in [0.29, 0.717) is 12.4 Å². The first-order valence-electron chi connectivity index (χ1n) is 4.95. The normalized spacial score (nSPS) is 10.2. The van der Waals surface area contributed by atoms with E-state index in [-0.39, 0.29) is 5.69 Å². The van der Waals surface area contributed by atoms with Crippen LogP contribution in [0.15, 0.2) is 29.2 Å². The van der Waals surface area contributed by atoms with E-state index in [0.717, 1.165) is 5.56 Å². The fraction of sp³-hybridized carbons (Fsp3) is 0.182. The molecule has 2 heterocycles. The van der Waals surface area contributed by atoms with Crippen LogP contribution in [-0.2, 0) is 6.54 Å². The number of aromatic carboxylic acids is 1. The molecule has 2 rings (SSSR count). The van der Waals surface area contributed by atoms with Gasteiger partial charge in [-0.25, -0.2) is 14.8 Å². The van der Waals surface area contributed by atoms with E-state index in [9.17, 15) is 4.79 Å². The van der Waals surface area contributed by atoms with Crippen LogP contribution in [0, 0.1) is 0 Å². The molecule has 0 saturated carbocycles. The summed E-state index contributed by atoms with van der Waals surface area (Å²) in [5.74, 6) is -0.684. The summed E-state index contributed by atoms with van der Waals surface area (Å²) in [6.45, 7) is 0.614. The fourth-order valence-electron chi connectivity index (χ4n) is 1.49. The van der Waals surface area contributed by atoms with E-state index >= 15 is 0 Å². The molecule has 0 aliphatic heterocycles. The number of rotatable bonds is 4. The van der Waals surface area contributed by atoms with Crippen molar-refractivity contribution in [1.29, 1.82) is 0 Å². The molecule has 0 aromatic carbocycles. The van der Waals surface area contributed by atoms with Crippen LogP contribution in [0.5, 0.6) is 0 Å². The minimum atomic E-state index is -1.06. The van der Waals surface area contributed by atoms with E-state index in [2.05, 4.69) is 9.97 Å². The molecule has 0 unspecified atom stereocenters. The Bertz CT molecular complexity index is 513. The summed E-state index contributed by atoms with van der Waals surface area (Å²) >= 11 is 1.61. The molecule has 2 aromatic rings. The predicted molar refractivity (Wildman–Crippen MR) is 65.4 cm³/mol. The van der Waals surface area contributed by atoms with Gasteiger partial charge in [0.15, 0.2) is 11.5 Å². The molecule has 0 atom stereocenters. The Labute approximate surface area is 102 Å². The average Bonchev–Trinajstić information content (AvgIpc) is 2.81. The first kappa shape index (κ1) is 11.5. The number of aromatic nitrogens is 2. The summed E-state index contributed by atoms with van der Waals surface area (Å²) in [6.07, 6.45) is 2.87. The molecule has 0 amide bonds. The highest BCUT2D eigenvalue weighted by Crippen LogP contribution is 2.17. The molecule has 0 saturated heterocycles. The van der Waals surface area contributed by atoms with Gasteiger partial charge in [0.25, 0.3) is 0 Å². The molecule has 0 radical (unpaired) electrons. The molecule has 1 N–H and O–H groups in total. The highest BCUT2D eigenvalue weighted by atomic mass is 32.1. The van der Waals surface area contributed by atoms with Crippen molar-refractivity contribution in [3.8, 4) is 0 Å². The summed E-state index contributed by atoms with van der Waals surface area (Å²) in [5, 5.41) is 13.0. The van der Waals surface area contributed by atoms with E-state index in [1.165, 1.54) is 12.4 Å². The van der Waals surface area contributed by atoms with Crippen molar-refractivity contribution >= 4 is 23.1 Å². The number of hydrogen-bond acceptors (Lipinski definition) is 5. The van der Waals surface area contributed by atoms with Gasteiger partial charge in [0.05, 0.1) is 0 Å². The lowest BCUT2D eigenvalue weighted by atomic mass is 10.3. The highest BCUT2D eigenvalue weighted by Gasteiger charge is 2.16. The number of anilines is 1. The quantitative estimate of drug-likeness (QED) is 0.896.